The van der Waals surface area contributed by atoms with Crippen molar-refractivity contribution in [2.24, 2.45) is 0 Å². The first-order valence-corrected chi connectivity index (χ1v) is 7.05. The van der Waals surface area contributed by atoms with Crippen molar-refractivity contribution in [3.05, 3.63) is 64.2 Å². The van der Waals surface area contributed by atoms with Crippen LogP contribution in [0.25, 0.3) is 0 Å². The number of hydrogen-bond acceptors (Lipinski definition) is 2. The van der Waals surface area contributed by atoms with Gasteiger partial charge < -0.3 is 9.84 Å². The van der Waals surface area contributed by atoms with Crippen LogP contribution >= 0.6 is 11.6 Å². The first-order valence-electron chi connectivity index (χ1n) is 6.67. The first kappa shape index (κ1) is 15.4. The average Bonchev–Trinajstić information content (AvgIpc) is 2.41. The lowest BCUT2D eigenvalue weighted by molar-refractivity contribution is -0.145. The van der Waals surface area contributed by atoms with Gasteiger partial charge in [-0.05, 0) is 48.7 Å². The minimum absolute atomic E-state index is 0.320. The fourth-order valence-electron chi connectivity index (χ4n) is 2.24. The second-order valence-electron chi connectivity index (χ2n) is 4.98. The molecule has 1 atom stereocenters. The number of ether oxygens (including phenoxy) is 1. The number of halogens is 1. The molecule has 1 N–H and O–H groups in total. The summed E-state index contributed by atoms with van der Waals surface area (Å²) in [5, 5.41) is 9.91. The molecule has 2 aromatic rings. The highest BCUT2D eigenvalue weighted by Crippen LogP contribution is 2.21. The van der Waals surface area contributed by atoms with Crippen LogP contribution in [0, 0.1) is 13.8 Å². The Hall–Kier alpha value is -2.00. The Kier molecular flexibility index (Phi) is 4.86. The molecule has 0 bridgehead atoms. The van der Waals surface area contributed by atoms with Crippen molar-refractivity contribution >= 4 is 17.6 Å². The van der Waals surface area contributed by atoms with Crippen LogP contribution < -0.4 is 4.74 Å². The molecule has 0 unspecified atom stereocenters. The summed E-state index contributed by atoms with van der Waals surface area (Å²) in [5.41, 5.74) is 3.14. The van der Waals surface area contributed by atoms with Gasteiger partial charge in [0.15, 0.2) is 6.10 Å². The van der Waals surface area contributed by atoms with Gasteiger partial charge in [-0.25, -0.2) is 4.79 Å². The molecule has 0 aromatic heterocycles. The fourth-order valence-corrected chi connectivity index (χ4v) is 2.42. The quantitative estimate of drug-likeness (QED) is 0.907. The maximum Gasteiger partial charge on any atom is 0.345 e. The highest BCUT2D eigenvalue weighted by atomic mass is 35.5. The van der Waals surface area contributed by atoms with E-state index in [2.05, 4.69) is 0 Å². The van der Waals surface area contributed by atoms with Crippen LogP contribution in [0.5, 0.6) is 5.75 Å². The molecule has 0 saturated heterocycles. The van der Waals surface area contributed by atoms with Crippen LogP contribution in [0.3, 0.4) is 0 Å². The molecule has 0 aliphatic rings. The van der Waals surface area contributed by atoms with E-state index in [0.29, 0.717) is 17.2 Å². The largest absolute Gasteiger partial charge is 0.478 e. The van der Waals surface area contributed by atoms with E-state index in [1.54, 1.807) is 24.3 Å². The number of aliphatic carboxylic acids is 1. The van der Waals surface area contributed by atoms with Crippen LogP contribution in [-0.2, 0) is 11.2 Å². The van der Waals surface area contributed by atoms with Gasteiger partial charge in [0.05, 0.1) is 0 Å². The predicted octanol–water partition coefficient (Wildman–Crippen LogP) is 4.03. The van der Waals surface area contributed by atoms with Crippen LogP contribution in [0.4, 0.5) is 0 Å². The molecule has 21 heavy (non-hydrogen) atoms. The molecule has 0 saturated carbocycles. The summed E-state index contributed by atoms with van der Waals surface area (Å²) in [6, 6.07) is 12.7. The maximum atomic E-state index is 11.5. The van der Waals surface area contributed by atoms with E-state index in [-0.39, 0.29) is 0 Å². The van der Waals surface area contributed by atoms with Gasteiger partial charge in [-0.15, -0.1) is 0 Å². The number of carboxylic acid groups (broad SMARTS) is 1. The highest BCUT2D eigenvalue weighted by Gasteiger charge is 2.22. The molecular formula is C17H17ClO3. The smallest absolute Gasteiger partial charge is 0.345 e. The Morgan fingerprint density at radius 1 is 1.19 bits per heavy atom. The van der Waals surface area contributed by atoms with E-state index < -0.39 is 12.1 Å². The van der Waals surface area contributed by atoms with Gasteiger partial charge in [-0.3, -0.25) is 0 Å². The molecule has 2 aromatic carbocycles. The summed E-state index contributed by atoms with van der Waals surface area (Å²) < 4.78 is 5.59. The van der Waals surface area contributed by atoms with Crippen molar-refractivity contribution in [1.29, 1.82) is 0 Å². The van der Waals surface area contributed by atoms with Gasteiger partial charge in [-0.1, -0.05) is 35.9 Å². The molecule has 2 rings (SSSR count). The number of hydrogen-bond donors (Lipinski definition) is 1. The summed E-state index contributed by atoms with van der Waals surface area (Å²) in [6.07, 6.45) is -0.622. The van der Waals surface area contributed by atoms with Crippen molar-refractivity contribution in [2.45, 2.75) is 26.4 Å². The number of benzene rings is 2. The molecule has 3 nitrogen and oxygen atoms in total. The van der Waals surface area contributed by atoms with E-state index in [9.17, 15) is 9.90 Å². The molecule has 0 fully saturated rings. The van der Waals surface area contributed by atoms with E-state index in [1.165, 1.54) is 0 Å². The number of aryl methyl sites for hydroxylation is 2. The standard InChI is InChI=1S/C17H17ClO3/c1-11-5-3-6-12(2)15(11)10-16(17(19)20)21-14-8-4-7-13(18)9-14/h3-9,16H,10H2,1-2H3,(H,19,20)/t16-/m1/s1. The van der Waals surface area contributed by atoms with E-state index in [1.807, 2.05) is 32.0 Å². The van der Waals surface area contributed by atoms with Gasteiger partial charge in [0.25, 0.3) is 0 Å². The molecule has 0 spiro atoms. The van der Waals surface area contributed by atoms with Crippen molar-refractivity contribution in [3.8, 4) is 5.75 Å². The van der Waals surface area contributed by atoms with Crippen LogP contribution in [0.15, 0.2) is 42.5 Å². The first-order chi connectivity index (χ1) is 9.97. The van der Waals surface area contributed by atoms with E-state index in [0.717, 1.165) is 16.7 Å². The second-order valence-corrected chi connectivity index (χ2v) is 5.41. The predicted molar refractivity (Wildman–Crippen MR) is 83.1 cm³/mol. The molecule has 0 radical (unpaired) electrons. The topological polar surface area (TPSA) is 46.5 Å². The molecule has 0 amide bonds. The maximum absolute atomic E-state index is 11.5. The molecular weight excluding hydrogens is 288 g/mol. The Labute approximate surface area is 129 Å². The number of rotatable bonds is 5. The third kappa shape index (κ3) is 3.99. The van der Waals surface area contributed by atoms with E-state index >= 15 is 0 Å². The molecule has 110 valence electrons. The third-order valence-electron chi connectivity index (χ3n) is 3.38. The minimum atomic E-state index is -0.988. The zero-order valence-corrected chi connectivity index (χ0v) is 12.7. The Bertz CT molecular complexity index is 632. The third-order valence-corrected chi connectivity index (χ3v) is 3.62. The second kappa shape index (κ2) is 6.64. The lowest BCUT2D eigenvalue weighted by atomic mass is 9.97. The van der Waals surface area contributed by atoms with Crippen molar-refractivity contribution in [1.82, 2.24) is 0 Å². The Morgan fingerprint density at radius 3 is 2.38 bits per heavy atom. The number of carboxylic acids is 1. The van der Waals surface area contributed by atoms with Crippen LogP contribution in [0.1, 0.15) is 16.7 Å². The van der Waals surface area contributed by atoms with Gasteiger partial charge in [0.2, 0.25) is 0 Å². The summed E-state index contributed by atoms with van der Waals surface area (Å²) >= 11 is 5.89. The van der Waals surface area contributed by atoms with Crippen LogP contribution in [-0.4, -0.2) is 17.2 Å². The summed E-state index contributed by atoms with van der Waals surface area (Å²) in [7, 11) is 0. The van der Waals surface area contributed by atoms with Gasteiger partial charge in [-0.2, -0.15) is 0 Å². The van der Waals surface area contributed by atoms with Crippen LogP contribution in [0.2, 0.25) is 5.02 Å². The van der Waals surface area contributed by atoms with E-state index in [4.69, 9.17) is 16.3 Å². The summed E-state index contributed by atoms with van der Waals surface area (Å²) in [6.45, 7) is 3.95. The summed E-state index contributed by atoms with van der Waals surface area (Å²) in [5.74, 6) is -0.529. The SMILES string of the molecule is Cc1cccc(C)c1C[C@@H](Oc1cccc(Cl)c1)C(=O)O. The average molecular weight is 305 g/mol. The minimum Gasteiger partial charge on any atom is -0.478 e. The lowest BCUT2D eigenvalue weighted by Crippen LogP contribution is -2.30. The van der Waals surface area contributed by atoms with Gasteiger partial charge >= 0.3 is 5.97 Å². The zero-order valence-electron chi connectivity index (χ0n) is 12.0. The van der Waals surface area contributed by atoms with Crippen molar-refractivity contribution in [2.75, 3.05) is 0 Å². The monoisotopic (exact) mass is 304 g/mol. The Morgan fingerprint density at radius 2 is 1.81 bits per heavy atom. The fraction of sp³-hybridized carbons (Fsp3) is 0.235. The zero-order chi connectivity index (χ0) is 15.4. The highest BCUT2D eigenvalue weighted by molar-refractivity contribution is 6.30. The lowest BCUT2D eigenvalue weighted by Gasteiger charge is -2.18. The van der Waals surface area contributed by atoms with Gasteiger partial charge in [0.1, 0.15) is 5.75 Å². The molecule has 0 heterocycles. The normalized spacial score (nSPS) is 12.0. The molecule has 0 aliphatic heterocycles. The molecule has 4 heteroatoms. The molecule has 0 aliphatic carbocycles. The number of carbonyl (C=O) groups is 1. The van der Waals surface area contributed by atoms with Gasteiger partial charge in [0, 0.05) is 11.4 Å². The summed E-state index contributed by atoms with van der Waals surface area (Å²) in [4.78, 5) is 11.5. The van der Waals surface area contributed by atoms with Crippen molar-refractivity contribution < 1.29 is 14.6 Å². The van der Waals surface area contributed by atoms with Crippen molar-refractivity contribution in [3.63, 3.8) is 0 Å². The Balaban J connectivity index is 2.22.